The van der Waals surface area contributed by atoms with Gasteiger partial charge in [-0.2, -0.15) is 0 Å². The Bertz CT molecular complexity index is 629. The number of aliphatic hydroxyl groups is 2. The fourth-order valence-corrected chi connectivity index (χ4v) is 5.73. The van der Waals surface area contributed by atoms with Crippen molar-refractivity contribution in [1.29, 1.82) is 0 Å². The summed E-state index contributed by atoms with van der Waals surface area (Å²) in [5, 5.41) is 19.0. The third-order valence-corrected chi connectivity index (χ3v) is 16.2. The molecule has 0 aromatic carbocycles. The molecule has 31 heavy (non-hydrogen) atoms. The first-order valence-electron chi connectivity index (χ1n) is 11.6. The van der Waals surface area contributed by atoms with Gasteiger partial charge in [0.15, 0.2) is 16.6 Å². The number of aliphatic hydroxyl groups excluding tert-OH is 2. The van der Waals surface area contributed by atoms with Crippen molar-refractivity contribution in [2.24, 2.45) is 0 Å². The van der Waals surface area contributed by atoms with Crippen LogP contribution in [-0.2, 0) is 13.6 Å². The highest BCUT2D eigenvalue weighted by molar-refractivity contribution is 6.74. The van der Waals surface area contributed by atoms with Crippen molar-refractivity contribution >= 4 is 16.6 Å². The first kappa shape index (κ1) is 28.7. The quantitative estimate of drug-likeness (QED) is 0.347. The lowest BCUT2D eigenvalue weighted by molar-refractivity contribution is -0.0882. The first-order chi connectivity index (χ1) is 14.0. The van der Waals surface area contributed by atoms with Crippen LogP contribution < -0.4 is 0 Å². The molecule has 1 aliphatic carbocycles. The molecule has 0 aliphatic heterocycles. The molecule has 1 fully saturated rings. The average molecular weight is 473 g/mol. The van der Waals surface area contributed by atoms with Gasteiger partial charge in [-0.3, -0.25) is 0 Å². The van der Waals surface area contributed by atoms with Crippen molar-refractivity contribution in [3.8, 4) is 0 Å². The Balaban J connectivity index is 3.41. The summed E-state index contributed by atoms with van der Waals surface area (Å²) in [6, 6.07) is 0. The van der Waals surface area contributed by atoms with Crippen LogP contribution in [0.25, 0.3) is 0 Å². The average Bonchev–Trinajstić information content (AvgIpc) is 2.59. The Kier molecular flexibility index (Phi) is 9.98. The second-order valence-electron chi connectivity index (χ2n) is 11.8. The van der Waals surface area contributed by atoms with Gasteiger partial charge in [-0.1, -0.05) is 54.2 Å². The Morgan fingerprint density at radius 3 is 1.94 bits per heavy atom. The zero-order valence-electron chi connectivity index (χ0n) is 21.7. The summed E-state index contributed by atoms with van der Waals surface area (Å²) in [5.41, 5.74) is 1.87. The van der Waals surface area contributed by atoms with E-state index in [0.29, 0.717) is 19.4 Å². The maximum Gasteiger partial charge on any atom is 0.193 e. The summed E-state index contributed by atoms with van der Waals surface area (Å²) in [6.07, 6.45) is 2.24. The van der Waals surface area contributed by atoms with Crippen LogP contribution in [0, 0.1) is 0 Å². The molecular weight excluding hydrogens is 424 g/mol. The highest BCUT2D eigenvalue weighted by Gasteiger charge is 2.49. The van der Waals surface area contributed by atoms with Gasteiger partial charge in [0.05, 0.1) is 18.8 Å². The summed E-state index contributed by atoms with van der Waals surface area (Å²) >= 11 is 0. The van der Waals surface area contributed by atoms with Crippen molar-refractivity contribution in [3.05, 3.63) is 23.8 Å². The summed E-state index contributed by atoms with van der Waals surface area (Å²) in [4.78, 5) is 0. The monoisotopic (exact) mass is 472 g/mol. The highest BCUT2D eigenvalue weighted by atomic mass is 28.4. The zero-order valence-corrected chi connectivity index (χ0v) is 23.7. The summed E-state index contributed by atoms with van der Waals surface area (Å²) < 4.78 is 20.1. The van der Waals surface area contributed by atoms with Gasteiger partial charge in [0, 0.05) is 19.6 Å². The topological polar surface area (TPSA) is 68.2 Å². The second kappa shape index (κ2) is 10.8. The minimum absolute atomic E-state index is 0.0377. The number of hydrogen-bond donors (Lipinski definition) is 2. The molecule has 5 nitrogen and oxygen atoms in total. The van der Waals surface area contributed by atoms with Gasteiger partial charge in [-0.15, -0.1) is 0 Å². The van der Waals surface area contributed by atoms with Crippen LogP contribution in [0.2, 0.25) is 36.3 Å². The van der Waals surface area contributed by atoms with Crippen molar-refractivity contribution in [1.82, 2.24) is 0 Å². The Morgan fingerprint density at radius 2 is 1.48 bits per heavy atom. The number of ether oxygens (including phenoxy) is 1. The molecule has 3 atom stereocenters. The third-order valence-electron chi connectivity index (χ3n) is 7.27. The van der Waals surface area contributed by atoms with Crippen LogP contribution in [0.15, 0.2) is 23.8 Å². The van der Waals surface area contributed by atoms with E-state index >= 15 is 0 Å². The highest BCUT2D eigenvalue weighted by Crippen LogP contribution is 2.44. The van der Waals surface area contributed by atoms with Gasteiger partial charge in [0.2, 0.25) is 0 Å². The lowest BCUT2D eigenvalue weighted by Gasteiger charge is -2.49. The van der Waals surface area contributed by atoms with Crippen LogP contribution in [-0.4, -0.2) is 65.0 Å². The van der Waals surface area contributed by atoms with E-state index in [-0.39, 0.29) is 41.6 Å². The van der Waals surface area contributed by atoms with Gasteiger partial charge in [-0.05, 0) is 53.8 Å². The van der Waals surface area contributed by atoms with Gasteiger partial charge in [0.1, 0.15) is 6.10 Å². The fourth-order valence-electron chi connectivity index (χ4n) is 3.14. The van der Waals surface area contributed by atoms with E-state index in [1.165, 1.54) is 0 Å². The molecule has 0 heterocycles. The number of hydrogen-bond acceptors (Lipinski definition) is 5. The lowest BCUT2D eigenvalue weighted by atomic mass is 9.84. The molecule has 1 aliphatic rings. The minimum atomic E-state index is -2.13. The molecule has 1 saturated carbocycles. The van der Waals surface area contributed by atoms with Crippen molar-refractivity contribution in [3.63, 3.8) is 0 Å². The maximum absolute atomic E-state index is 9.63. The Labute approximate surface area is 193 Å². The van der Waals surface area contributed by atoms with Crippen molar-refractivity contribution in [2.75, 3.05) is 19.8 Å². The first-order valence-corrected chi connectivity index (χ1v) is 17.4. The van der Waals surface area contributed by atoms with Gasteiger partial charge < -0.3 is 23.8 Å². The minimum Gasteiger partial charge on any atom is -0.411 e. The molecule has 0 amide bonds. The molecular formula is C24H48O5Si2. The summed E-state index contributed by atoms with van der Waals surface area (Å²) in [5.74, 6) is 0. The number of rotatable bonds is 9. The smallest absolute Gasteiger partial charge is 0.193 e. The third kappa shape index (κ3) is 7.35. The maximum atomic E-state index is 9.63. The van der Waals surface area contributed by atoms with Crippen LogP contribution in [0.1, 0.15) is 54.4 Å². The van der Waals surface area contributed by atoms with E-state index in [9.17, 15) is 10.2 Å². The fraction of sp³-hybridized carbons (Fsp3) is 0.833. The van der Waals surface area contributed by atoms with Crippen LogP contribution in [0.3, 0.4) is 0 Å². The summed E-state index contributed by atoms with van der Waals surface area (Å²) in [7, 11) is -4.20. The van der Waals surface area contributed by atoms with Crippen LogP contribution in [0.4, 0.5) is 0 Å². The molecule has 0 unspecified atom stereocenters. The van der Waals surface area contributed by atoms with Crippen molar-refractivity contribution < 1.29 is 23.8 Å². The van der Waals surface area contributed by atoms with E-state index in [4.69, 9.17) is 13.6 Å². The molecule has 1 rings (SSSR count). The normalized spacial score (nSPS) is 25.4. The standard InChI is InChI=1S/C24H48O5Si2/c1-18-19(13-15-26)17-20(28-30(8,9)23(2,3)4)22(27-16-12-14-25)21(18)29-31(10,11)24(5,6)7/h13,20-22,25-26H,1,12,14-17H2,2-11H3/b19-13-/t20-,21-,22-/m1/s1. The van der Waals surface area contributed by atoms with Gasteiger partial charge in [0.25, 0.3) is 0 Å². The molecule has 2 N–H and O–H groups in total. The predicted octanol–water partition coefficient (Wildman–Crippen LogP) is 5.41. The predicted molar refractivity (Wildman–Crippen MR) is 135 cm³/mol. The van der Waals surface area contributed by atoms with E-state index in [2.05, 4.69) is 74.3 Å². The molecule has 0 aromatic rings. The van der Waals surface area contributed by atoms with E-state index in [1.807, 2.05) is 6.08 Å². The molecule has 0 radical (unpaired) electrons. The molecule has 0 saturated heterocycles. The Hall–Kier alpha value is -0.286. The molecule has 182 valence electrons. The van der Waals surface area contributed by atoms with Crippen LogP contribution >= 0.6 is 0 Å². The Morgan fingerprint density at radius 1 is 0.968 bits per heavy atom. The molecule has 0 bridgehead atoms. The summed E-state index contributed by atoms with van der Waals surface area (Å²) in [6.45, 7) is 27.2. The van der Waals surface area contributed by atoms with Gasteiger partial charge in [-0.25, -0.2) is 0 Å². The lowest BCUT2D eigenvalue weighted by Crippen LogP contribution is -2.57. The van der Waals surface area contributed by atoms with E-state index in [1.54, 1.807) is 0 Å². The second-order valence-corrected chi connectivity index (χ2v) is 21.3. The largest absolute Gasteiger partial charge is 0.411 e. The molecule has 0 spiro atoms. The van der Waals surface area contributed by atoms with Gasteiger partial charge >= 0.3 is 0 Å². The zero-order chi connectivity index (χ0) is 24.3. The van der Waals surface area contributed by atoms with E-state index < -0.39 is 16.6 Å². The SMILES string of the molecule is C=C1/C(=C\CO)C[C@@H](O[Si](C)(C)C(C)(C)C)[C@@H](OCCCO)[C@@H]1O[Si](C)(C)C(C)(C)C. The molecule has 0 aromatic heterocycles. The van der Waals surface area contributed by atoms with Crippen LogP contribution in [0.5, 0.6) is 0 Å². The van der Waals surface area contributed by atoms with Crippen molar-refractivity contribution in [2.45, 2.75) is 109 Å². The van der Waals surface area contributed by atoms with E-state index in [0.717, 1.165) is 11.1 Å². The molecule has 7 heteroatoms.